The van der Waals surface area contributed by atoms with Crippen molar-refractivity contribution in [2.75, 3.05) is 6.54 Å². The molecule has 0 amide bonds. The van der Waals surface area contributed by atoms with E-state index in [0.29, 0.717) is 19.4 Å². The van der Waals surface area contributed by atoms with Crippen LogP contribution in [0.15, 0.2) is 0 Å². The van der Waals surface area contributed by atoms with Gasteiger partial charge in [-0.25, -0.2) is 0 Å². The predicted molar refractivity (Wildman–Crippen MR) is 46.2 cm³/mol. The van der Waals surface area contributed by atoms with Crippen LogP contribution in [0.4, 0.5) is 0 Å². The first kappa shape index (κ1) is 11.3. The molecule has 0 aliphatic carbocycles. The second-order valence-corrected chi connectivity index (χ2v) is 2.88. The summed E-state index contributed by atoms with van der Waals surface area (Å²) in [5.41, 5.74) is 9.31. The van der Waals surface area contributed by atoms with E-state index in [9.17, 15) is 9.59 Å². The normalized spacial score (nSPS) is 15.2. The van der Waals surface area contributed by atoms with E-state index in [0.717, 1.165) is 6.42 Å². The summed E-state index contributed by atoms with van der Waals surface area (Å²) in [6.07, 6.45) is 3.36. The molecular weight excluding hydrogens is 156 g/mol. The Morgan fingerprint density at radius 3 is 2.42 bits per heavy atom. The summed E-state index contributed by atoms with van der Waals surface area (Å²) >= 11 is 0. The van der Waals surface area contributed by atoms with Gasteiger partial charge in [0.25, 0.3) is 0 Å². The minimum atomic E-state index is -1.41. The van der Waals surface area contributed by atoms with E-state index in [2.05, 4.69) is 0 Å². The lowest BCUT2D eigenvalue weighted by Crippen LogP contribution is -2.48. The maximum absolute atomic E-state index is 10.9. The van der Waals surface area contributed by atoms with Crippen LogP contribution >= 0.6 is 0 Å². The fourth-order valence-electron chi connectivity index (χ4n) is 0.847. The molecule has 0 aromatic heterocycles. The highest BCUT2D eigenvalue weighted by molar-refractivity contribution is 6.01. The monoisotopic (exact) mass is 171 g/mol. The number of nitrogens with two attached hydrogens (primary N) is 2. The highest BCUT2D eigenvalue weighted by Crippen LogP contribution is 2.09. The summed E-state index contributed by atoms with van der Waals surface area (Å²) in [7, 11) is 0. The highest BCUT2D eigenvalue weighted by Gasteiger charge is 2.30. The van der Waals surface area contributed by atoms with E-state index in [1.54, 1.807) is 6.29 Å². The molecule has 0 aliphatic heterocycles. The second-order valence-electron chi connectivity index (χ2n) is 2.88. The predicted octanol–water partition coefficient (Wildman–Crippen LogP) is -0.488. The molecule has 69 valence electrons. The summed E-state index contributed by atoms with van der Waals surface area (Å²) in [4.78, 5) is 21.2. The van der Waals surface area contributed by atoms with Crippen molar-refractivity contribution < 1.29 is 9.59 Å². The molecule has 0 bridgehead atoms. The number of hydrogen-bond donors (Lipinski definition) is 2. The molecule has 0 aromatic carbocycles. The van der Waals surface area contributed by atoms with Gasteiger partial charge in [0.2, 0.25) is 6.29 Å². The Morgan fingerprint density at radius 2 is 2.08 bits per heavy atom. The quantitative estimate of drug-likeness (QED) is 0.417. The maximum Gasteiger partial charge on any atom is 0.228 e. The van der Waals surface area contributed by atoms with Crippen molar-refractivity contribution in [1.29, 1.82) is 0 Å². The summed E-state index contributed by atoms with van der Waals surface area (Å²) in [5, 5.41) is 0. The van der Waals surface area contributed by atoms with Crippen molar-refractivity contribution >= 4 is 12.1 Å². The van der Waals surface area contributed by atoms with Gasteiger partial charge >= 0.3 is 0 Å². The van der Waals surface area contributed by atoms with Crippen molar-refractivity contribution in [1.82, 2.24) is 0 Å². The van der Waals surface area contributed by atoms with Gasteiger partial charge in [-0.05, 0) is 32.7 Å². The van der Waals surface area contributed by atoms with Gasteiger partial charge in [0, 0.05) is 0 Å². The summed E-state index contributed by atoms with van der Waals surface area (Å²) in [5.74, 6) is -0.338. The van der Waals surface area contributed by atoms with E-state index in [1.807, 2.05) is 0 Å². The van der Waals surface area contributed by atoms with Crippen LogP contribution in [0.1, 0.15) is 26.2 Å². The van der Waals surface area contributed by atoms with E-state index < -0.39 is 5.54 Å². The highest BCUT2D eigenvalue weighted by atomic mass is 16.1. The van der Waals surface area contributed by atoms with Gasteiger partial charge in [-0.3, -0.25) is 9.59 Å². The molecule has 1 radical (unpaired) electrons. The molecule has 0 heterocycles. The Hall–Kier alpha value is -0.740. The largest absolute Gasteiger partial charge is 0.330 e. The molecule has 0 rings (SSSR count). The van der Waals surface area contributed by atoms with Crippen LogP contribution in [-0.4, -0.2) is 24.2 Å². The second kappa shape index (κ2) is 5.00. The molecule has 0 aliphatic rings. The number of carbonyl (C=O) groups is 1. The van der Waals surface area contributed by atoms with E-state index >= 15 is 0 Å². The van der Waals surface area contributed by atoms with Gasteiger partial charge in [0.1, 0.15) is 5.54 Å². The topological polar surface area (TPSA) is 86.2 Å². The number of hydrogen-bond acceptors (Lipinski definition) is 4. The van der Waals surface area contributed by atoms with Gasteiger partial charge in [0.15, 0.2) is 5.78 Å². The Bertz CT molecular complexity index is 170. The first-order valence-corrected chi connectivity index (χ1v) is 3.96. The third-order valence-corrected chi connectivity index (χ3v) is 1.84. The van der Waals surface area contributed by atoms with Crippen molar-refractivity contribution in [2.24, 2.45) is 11.5 Å². The van der Waals surface area contributed by atoms with Crippen LogP contribution in [0.2, 0.25) is 0 Å². The molecule has 0 aromatic rings. The number of carbonyl (C=O) groups excluding carboxylic acids is 2. The molecule has 4 heteroatoms. The van der Waals surface area contributed by atoms with E-state index in [1.165, 1.54) is 6.92 Å². The van der Waals surface area contributed by atoms with Crippen LogP contribution < -0.4 is 11.5 Å². The summed E-state index contributed by atoms with van der Waals surface area (Å²) < 4.78 is 0. The molecule has 0 unspecified atom stereocenters. The molecule has 0 saturated carbocycles. The van der Waals surface area contributed by atoms with Crippen LogP contribution in [0.5, 0.6) is 0 Å². The van der Waals surface area contributed by atoms with E-state index in [-0.39, 0.29) is 5.78 Å². The fraction of sp³-hybridized carbons (Fsp3) is 0.750. The zero-order valence-electron chi connectivity index (χ0n) is 7.30. The Balaban J connectivity index is 3.97. The summed E-state index contributed by atoms with van der Waals surface area (Å²) in [6.45, 7) is 1.85. The standard InChI is InChI=1S/C8H15N2O2/c1-7(12)8(10,6-11)4-2-3-5-9/h2-5,9-10H2,1H3/t8-/m0/s1. The zero-order chi connectivity index (χ0) is 9.61. The van der Waals surface area contributed by atoms with Gasteiger partial charge in [-0.1, -0.05) is 0 Å². The van der Waals surface area contributed by atoms with Crippen molar-refractivity contribution in [3.63, 3.8) is 0 Å². The lowest BCUT2D eigenvalue weighted by molar-refractivity contribution is -0.120. The smallest absolute Gasteiger partial charge is 0.228 e. The average Bonchev–Trinajstić information content (AvgIpc) is 2.04. The maximum atomic E-state index is 10.9. The molecule has 0 spiro atoms. The van der Waals surface area contributed by atoms with Crippen LogP contribution in [-0.2, 0) is 9.59 Å². The first-order chi connectivity index (χ1) is 5.56. The Labute approximate surface area is 72.3 Å². The minimum absolute atomic E-state index is 0.336. The SMILES string of the molecule is CC(=O)[C@@](N)([C]=O)CCCCN. The number of ketones is 1. The zero-order valence-corrected chi connectivity index (χ0v) is 7.30. The number of unbranched alkanes of at least 4 members (excludes halogenated alkanes) is 1. The van der Waals surface area contributed by atoms with E-state index in [4.69, 9.17) is 11.5 Å². The van der Waals surface area contributed by atoms with Crippen LogP contribution in [0.3, 0.4) is 0 Å². The third-order valence-electron chi connectivity index (χ3n) is 1.84. The molecule has 4 nitrogen and oxygen atoms in total. The lowest BCUT2D eigenvalue weighted by Gasteiger charge is -2.17. The van der Waals surface area contributed by atoms with Crippen molar-refractivity contribution in [3.05, 3.63) is 0 Å². The molecular formula is C8H15N2O2. The molecule has 1 atom stereocenters. The summed E-state index contributed by atoms with van der Waals surface area (Å²) in [6, 6.07) is 0. The minimum Gasteiger partial charge on any atom is -0.330 e. The lowest BCUT2D eigenvalue weighted by atomic mass is 9.91. The Morgan fingerprint density at radius 1 is 1.50 bits per heavy atom. The van der Waals surface area contributed by atoms with Crippen molar-refractivity contribution in [2.45, 2.75) is 31.7 Å². The molecule has 4 N–H and O–H groups in total. The van der Waals surface area contributed by atoms with Crippen molar-refractivity contribution in [3.8, 4) is 0 Å². The van der Waals surface area contributed by atoms with Gasteiger partial charge in [-0.15, -0.1) is 0 Å². The molecule has 0 saturated heterocycles. The Kier molecular flexibility index (Phi) is 4.70. The molecule has 0 fully saturated rings. The number of rotatable bonds is 6. The fourth-order valence-corrected chi connectivity index (χ4v) is 0.847. The molecule has 12 heavy (non-hydrogen) atoms. The van der Waals surface area contributed by atoms with Crippen LogP contribution in [0, 0.1) is 0 Å². The van der Waals surface area contributed by atoms with Gasteiger partial charge < -0.3 is 11.5 Å². The van der Waals surface area contributed by atoms with Gasteiger partial charge in [-0.2, -0.15) is 0 Å². The van der Waals surface area contributed by atoms with Crippen LogP contribution in [0.25, 0.3) is 0 Å². The third kappa shape index (κ3) is 3.11. The number of Topliss-reactive ketones (excluding diaryl/α,β-unsaturated/α-hetero) is 1. The first-order valence-electron chi connectivity index (χ1n) is 3.96. The van der Waals surface area contributed by atoms with Gasteiger partial charge in [0.05, 0.1) is 0 Å². The average molecular weight is 171 g/mol.